The summed E-state index contributed by atoms with van der Waals surface area (Å²) in [5.41, 5.74) is 3.16. The fraction of sp³-hybridized carbons (Fsp3) is 0.435. The molecule has 2 aliphatic rings. The third-order valence-corrected chi connectivity index (χ3v) is 8.91. The summed E-state index contributed by atoms with van der Waals surface area (Å²) in [6, 6.07) is 13.2. The van der Waals surface area contributed by atoms with Crippen molar-refractivity contribution < 1.29 is 13.2 Å². The summed E-state index contributed by atoms with van der Waals surface area (Å²) in [4.78, 5) is 13.9. The SMILES string of the molecule is O=C(CCS(=O)(=O)c1ccc2c(c1)CCC2)Nc1ccccc1SC1CCCC1. The summed E-state index contributed by atoms with van der Waals surface area (Å²) in [6.07, 6.45) is 7.98. The molecule has 1 fully saturated rings. The highest BCUT2D eigenvalue weighted by Gasteiger charge is 2.21. The van der Waals surface area contributed by atoms with E-state index in [0.717, 1.165) is 35.4 Å². The van der Waals surface area contributed by atoms with Crippen LogP contribution in [0.25, 0.3) is 0 Å². The summed E-state index contributed by atoms with van der Waals surface area (Å²) in [6.45, 7) is 0. The van der Waals surface area contributed by atoms with E-state index >= 15 is 0 Å². The van der Waals surface area contributed by atoms with Crippen LogP contribution in [0.3, 0.4) is 0 Å². The van der Waals surface area contributed by atoms with Crippen molar-refractivity contribution >= 4 is 33.2 Å². The van der Waals surface area contributed by atoms with Crippen LogP contribution in [0.4, 0.5) is 5.69 Å². The molecule has 0 aliphatic heterocycles. The molecule has 0 radical (unpaired) electrons. The van der Waals surface area contributed by atoms with Crippen molar-refractivity contribution in [2.45, 2.75) is 66.4 Å². The summed E-state index contributed by atoms with van der Waals surface area (Å²) in [5.74, 6) is -0.426. The number of para-hydroxylation sites is 1. The maximum Gasteiger partial charge on any atom is 0.225 e. The van der Waals surface area contributed by atoms with Crippen LogP contribution < -0.4 is 5.32 Å². The molecule has 2 aromatic rings. The lowest BCUT2D eigenvalue weighted by Gasteiger charge is -2.14. The minimum atomic E-state index is -3.46. The van der Waals surface area contributed by atoms with Crippen LogP contribution in [-0.2, 0) is 27.5 Å². The van der Waals surface area contributed by atoms with E-state index in [9.17, 15) is 13.2 Å². The average molecular weight is 430 g/mol. The van der Waals surface area contributed by atoms with Gasteiger partial charge >= 0.3 is 0 Å². The van der Waals surface area contributed by atoms with Gasteiger partial charge in [-0.3, -0.25) is 4.79 Å². The molecule has 0 spiro atoms. The number of sulfone groups is 1. The molecule has 0 aromatic heterocycles. The Kier molecular flexibility index (Phi) is 6.30. The van der Waals surface area contributed by atoms with Crippen molar-refractivity contribution in [2.75, 3.05) is 11.1 Å². The summed E-state index contributed by atoms with van der Waals surface area (Å²) < 4.78 is 25.4. The highest BCUT2D eigenvalue weighted by molar-refractivity contribution is 8.00. The smallest absolute Gasteiger partial charge is 0.225 e. The second kappa shape index (κ2) is 8.92. The number of benzene rings is 2. The zero-order valence-corrected chi connectivity index (χ0v) is 18.2. The minimum Gasteiger partial charge on any atom is -0.325 e. The van der Waals surface area contributed by atoms with Gasteiger partial charge in [0.2, 0.25) is 5.91 Å². The van der Waals surface area contributed by atoms with Gasteiger partial charge in [-0.15, -0.1) is 11.8 Å². The van der Waals surface area contributed by atoms with Gasteiger partial charge in [-0.25, -0.2) is 8.42 Å². The van der Waals surface area contributed by atoms with E-state index in [-0.39, 0.29) is 18.1 Å². The molecule has 0 unspecified atom stereocenters. The molecule has 154 valence electrons. The van der Waals surface area contributed by atoms with E-state index in [1.54, 1.807) is 12.1 Å². The van der Waals surface area contributed by atoms with E-state index < -0.39 is 9.84 Å². The molecule has 0 saturated heterocycles. The maximum atomic E-state index is 12.7. The lowest BCUT2D eigenvalue weighted by Crippen LogP contribution is -2.18. The van der Waals surface area contributed by atoms with Gasteiger partial charge < -0.3 is 5.32 Å². The lowest BCUT2D eigenvalue weighted by molar-refractivity contribution is -0.115. The second-order valence-electron chi connectivity index (χ2n) is 7.92. The normalized spacial score (nSPS) is 16.7. The second-order valence-corrected chi connectivity index (χ2v) is 11.4. The third kappa shape index (κ3) is 5.04. The van der Waals surface area contributed by atoms with Gasteiger partial charge in [-0.2, -0.15) is 0 Å². The Bertz CT molecular complexity index is 995. The lowest BCUT2D eigenvalue weighted by atomic mass is 10.1. The largest absolute Gasteiger partial charge is 0.325 e. The standard InChI is InChI=1S/C23H27NO3S2/c25-23(24-21-10-3-4-11-22(21)28-19-8-1-2-9-19)14-15-29(26,27)20-13-12-17-6-5-7-18(17)16-20/h3-4,10-13,16,19H,1-2,5-9,14-15H2,(H,24,25). The van der Waals surface area contributed by atoms with Gasteiger partial charge in [0.05, 0.1) is 16.3 Å². The number of amides is 1. The number of hydrogen-bond acceptors (Lipinski definition) is 4. The number of carbonyl (C=O) groups excluding carboxylic acids is 1. The average Bonchev–Trinajstić information content (AvgIpc) is 3.39. The summed E-state index contributed by atoms with van der Waals surface area (Å²) >= 11 is 1.82. The monoisotopic (exact) mass is 429 g/mol. The molecule has 0 atom stereocenters. The Morgan fingerprint density at radius 1 is 1.00 bits per heavy atom. The first-order valence-corrected chi connectivity index (χ1v) is 12.9. The first kappa shape index (κ1) is 20.5. The molecule has 4 rings (SSSR count). The third-order valence-electron chi connectivity index (χ3n) is 5.78. The number of fused-ring (bicyclic) bond motifs is 1. The molecule has 1 saturated carbocycles. The van der Waals surface area contributed by atoms with Crippen LogP contribution in [0.5, 0.6) is 0 Å². The molecule has 1 N–H and O–H groups in total. The number of carbonyl (C=O) groups is 1. The molecule has 29 heavy (non-hydrogen) atoms. The summed E-state index contributed by atoms with van der Waals surface area (Å²) in [7, 11) is -3.46. The molecule has 0 heterocycles. The number of nitrogens with one attached hydrogen (secondary N) is 1. The van der Waals surface area contributed by atoms with Crippen LogP contribution in [0.15, 0.2) is 52.3 Å². The van der Waals surface area contributed by atoms with Gasteiger partial charge in [0, 0.05) is 16.6 Å². The van der Waals surface area contributed by atoms with E-state index in [1.807, 2.05) is 42.1 Å². The van der Waals surface area contributed by atoms with Crippen LogP contribution in [0.1, 0.15) is 49.7 Å². The number of rotatable bonds is 7. The van der Waals surface area contributed by atoms with E-state index in [4.69, 9.17) is 0 Å². The van der Waals surface area contributed by atoms with E-state index in [2.05, 4.69) is 5.32 Å². The summed E-state index contributed by atoms with van der Waals surface area (Å²) in [5, 5.41) is 3.53. The Hall–Kier alpha value is -1.79. The fourth-order valence-electron chi connectivity index (χ4n) is 4.16. The molecule has 2 aliphatic carbocycles. The van der Waals surface area contributed by atoms with Gasteiger partial charge in [-0.1, -0.05) is 31.0 Å². The quantitative estimate of drug-likeness (QED) is 0.672. The van der Waals surface area contributed by atoms with Crippen molar-refractivity contribution in [3.05, 3.63) is 53.6 Å². The van der Waals surface area contributed by atoms with Crippen molar-refractivity contribution in [2.24, 2.45) is 0 Å². The number of aryl methyl sites for hydroxylation is 2. The Morgan fingerprint density at radius 3 is 2.59 bits per heavy atom. The number of anilines is 1. The maximum absolute atomic E-state index is 12.7. The first-order valence-electron chi connectivity index (χ1n) is 10.4. The van der Waals surface area contributed by atoms with Gasteiger partial charge in [-0.05, 0) is 67.5 Å². The predicted octanol–water partition coefficient (Wildman–Crippen LogP) is 5.01. The zero-order valence-electron chi connectivity index (χ0n) is 16.5. The Morgan fingerprint density at radius 2 is 1.76 bits per heavy atom. The van der Waals surface area contributed by atoms with E-state index in [1.165, 1.54) is 31.2 Å². The first-order chi connectivity index (χ1) is 14.0. The predicted molar refractivity (Wildman–Crippen MR) is 118 cm³/mol. The minimum absolute atomic E-state index is 0.0398. The zero-order chi connectivity index (χ0) is 20.3. The molecule has 1 amide bonds. The Balaban J connectivity index is 1.37. The molecule has 0 bridgehead atoms. The van der Waals surface area contributed by atoms with Crippen LogP contribution in [0.2, 0.25) is 0 Å². The number of thioether (sulfide) groups is 1. The molecule has 2 aromatic carbocycles. The van der Waals surface area contributed by atoms with Crippen LogP contribution in [0, 0.1) is 0 Å². The van der Waals surface area contributed by atoms with Crippen molar-refractivity contribution in [1.82, 2.24) is 0 Å². The molecule has 4 nitrogen and oxygen atoms in total. The van der Waals surface area contributed by atoms with Crippen molar-refractivity contribution in [3.8, 4) is 0 Å². The van der Waals surface area contributed by atoms with Crippen molar-refractivity contribution in [1.29, 1.82) is 0 Å². The Labute approximate surface area is 177 Å². The molecular weight excluding hydrogens is 402 g/mol. The molecular formula is C23H27NO3S2. The van der Waals surface area contributed by atoms with E-state index in [0.29, 0.717) is 10.1 Å². The van der Waals surface area contributed by atoms with Gasteiger partial charge in [0.1, 0.15) is 0 Å². The van der Waals surface area contributed by atoms with Gasteiger partial charge in [0.15, 0.2) is 9.84 Å². The van der Waals surface area contributed by atoms with Gasteiger partial charge in [0.25, 0.3) is 0 Å². The van der Waals surface area contributed by atoms with Crippen LogP contribution >= 0.6 is 11.8 Å². The van der Waals surface area contributed by atoms with Crippen LogP contribution in [-0.4, -0.2) is 25.3 Å². The molecule has 6 heteroatoms. The van der Waals surface area contributed by atoms with Crippen molar-refractivity contribution in [3.63, 3.8) is 0 Å². The number of hydrogen-bond donors (Lipinski definition) is 1. The topological polar surface area (TPSA) is 63.2 Å². The fourth-order valence-corrected chi connectivity index (χ4v) is 6.78. The highest BCUT2D eigenvalue weighted by Crippen LogP contribution is 2.38. The highest BCUT2D eigenvalue weighted by atomic mass is 32.2.